The molecule has 3 nitrogen and oxygen atoms in total. The summed E-state index contributed by atoms with van der Waals surface area (Å²) in [4.78, 5) is 4.89. The molecule has 0 unspecified atom stereocenters. The number of nitrogens with zero attached hydrogens (tertiary/aromatic N) is 3. The van der Waals surface area contributed by atoms with Gasteiger partial charge in [-0.05, 0) is 136 Å². The number of rotatable bonds is 6. The molecule has 2 aliphatic rings. The Bertz CT molecular complexity index is 3290. The summed E-state index contributed by atoms with van der Waals surface area (Å²) in [5, 5.41) is 2.51. The van der Waals surface area contributed by atoms with Crippen molar-refractivity contribution in [3.63, 3.8) is 0 Å². The second kappa shape index (κ2) is 14.0. The van der Waals surface area contributed by atoms with E-state index in [0.717, 1.165) is 17.1 Å². The number of fused-ring (bicyclic) bond motifs is 7. The first-order chi connectivity index (χ1) is 30.8. The maximum absolute atomic E-state index is 2.53. The van der Waals surface area contributed by atoms with E-state index in [2.05, 4.69) is 254 Å². The van der Waals surface area contributed by atoms with Gasteiger partial charge in [-0.3, -0.25) is 0 Å². The average molecular weight is 810 g/mol. The molecule has 0 fully saturated rings. The molecule has 3 heteroatoms. The van der Waals surface area contributed by atoms with E-state index in [1.807, 2.05) is 0 Å². The van der Waals surface area contributed by atoms with E-state index in [9.17, 15) is 0 Å². The molecule has 0 N–H and O–H groups in total. The molecule has 1 aromatic heterocycles. The minimum atomic E-state index is -0.182. The van der Waals surface area contributed by atoms with Gasteiger partial charge >= 0.3 is 0 Å². The van der Waals surface area contributed by atoms with E-state index < -0.39 is 0 Å². The third-order valence-electron chi connectivity index (χ3n) is 13.9. The van der Waals surface area contributed by atoms with Crippen molar-refractivity contribution in [3.05, 3.63) is 235 Å². The third-order valence-corrected chi connectivity index (χ3v) is 13.9. The molecule has 302 valence electrons. The van der Waals surface area contributed by atoms with Crippen molar-refractivity contribution in [2.24, 2.45) is 0 Å². The summed E-state index contributed by atoms with van der Waals surface area (Å²) in [7, 11) is 0. The highest BCUT2D eigenvalue weighted by Gasteiger charge is 2.45. The predicted octanol–water partition coefficient (Wildman–Crippen LogP) is 16.3. The Morgan fingerprint density at radius 2 is 0.810 bits per heavy atom. The molecule has 0 spiro atoms. The molecule has 10 aromatic rings. The third kappa shape index (κ3) is 5.66. The number of benzene rings is 9. The SMILES string of the molecule is CC1(C)c2ccccc2N2c3ccccc3C(C)(C)c3cc(-c4ccc(N(c5ccccc5)c5ccc(-c6ccc7c(c6)c6ccccc6n7-c6ccccc6)cc5)cc4)cc1c32. The summed E-state index contributed by atoms with van der Waals surface area (Å²) in [5.41, 5.74) is 20.7. The van der Waals surface area contributed by atoms with E-state index in [1.165, 1.54) is 89.1 Å². The van der Waals surface area contributed by atoms with Crippen LogP contribution in [0.5, 0.6) is 0 Å². The lowest BCUT2D eigenvalue weighted by molar-refractivity contribution is 0.598. The molecule has 0 saturated heterocycles. The first-order valence-electron chi connectivity index (χ1n) is 22.1. The molecule has 0 atom stereocenters. The summed E-state index contributed by atoms with van der Waals surface area (Å²) in [6, 6.07) is 78.1. The number of anilines is 6. The number of hydrogen-bond donors (Lipinski definition) is 0. The molecular weight excluding hydrogens is 763 g/mol. The van der Waals surface area contributed by atoms with Crippen molar-refractivity contribution in [2.45, 2.75) is 38.5 Å². The fraction of sp³-hybridized carbons (Fsp3) is 0.100. The van der Waals surface area contributed by atoms with Crippen molar-refractivity contribution >= 4 is 55.9 Å². The van der Waals surface area contributed by atoms with Crippen LogP contribution < -0.4 is 9.80 Å². The van der Waals surface area contributed by atoms with Gasteiger partial charge in [0.15, 0.2) is 0 Å². The second-order valence-corrected chi connectivity index (χ2v) is 18.2. The van der Waals surface area contributed by atoms with Crippen molar-refractivity contribution < 1.29 is 0 Å². The zero-order valence-corrected chi connectivity index (χ0v) is 36.0. The normalized spacial score (nSPS) is 14.3. The van der Waals surface area contributed by atoms with Crippen LogP contribution in [0.2, 0.25) is 0 Å². The fourth-order valence-corrected chi connectivity index (χ4v) is 10.7. The van der Waals surface area contributed by atoms with Crippen molar-refractivity contribution in [1.82, 2.24) is 4.57 Å². The first kappa shape index (κ1) is 37.2. The van der Waals surface area contributed by atoms with E-state index in [-0.39, 0.29) is 10.8 Å². The summed E-state index contributed by atoms with van der Waals surface area (Å²) >= 11 is 0. The average Bonchev–Trinajstić information content (AvgIpc) is 3.66. The molecule has 12 rings (SSSR count). The molecule has 0 radical (unpaired) electrons. The summed E-state index contributed by atoms with van der Waals surface area (Å²) in [6.07, 6.45) is 0. The van der Waals surface area contributed by atoms with Crippen LogP contribution in [0.3, 0.4) is 0 Å². The number of para-hydroxylation sites is 5. The molecule has 9 aromatic carbocycles. The van der Waals surface area contributed by atoms with Crippen LogP contribution in [0.1, 0.15) is 49.9 Å². The highest BCUT2D eigenvalue weighted by molar-refractivity contribution is 6.10. The lowest BCUT2D eigenvalue weighted by Crippen LogP contribution is -2.38. The summed E-state index contributed by atoms with van der Waals surface area (Å²) in [6.45, 7) is 9.58. The highest BCUT2D eigenvalue weighted by Crippen LogP contribution is 2.60. The zero-order chi connectivity index (χ0) is 42.5. The second-order valence-electron chi connectivity index (χ2n) is 18.2. The smallest absolute Gasteiger partial charge is 0.0544 e. The van der Waals surface area contributed by atoms with Gasteiger partial charge in [-0.25, -0.2) is 0 Å². The molecule has 0 aliphatic carbocycles. The summed E-state index contributed by atoms with van der Waals surface area (Å²) in [5.74, 6) is 0. The van der Waals surface area contributed by atoms with Crippen molar-refractivity contribution in [2.75, 3.05) is 9.80 Å². The minimum absolute atomic E-state index is 0.182. The van der Waals surface area contributed by atoms with Gasteiger partial charge in [-0.15, -0.1) is 0 Å². The van der Waals surface area contributed by atoms with Gasteiger partial charge in [0.2, 0.25) is 0 Å². The highest BCUT2D eigenvalue weighted by atomic mass is 15.2. The number of hydrogen-bond acceptors (Lipinski definition) is 2. The molecule has 2 aliphatic heterocycles. The predicted molar refractivity (Wildman–Crippen MR) is 265 cm³/mol. The van der Waals surface area contributed by atoms with Gasteiger partial charge in [-0.1, -0.05) is 149 Å². The monoisotopic (exact) mass is 809 g/mol. The van der Waals surface area contributed by atoms with Crippen LogP contribution in [0, 0.1) is 0 Å². The maximum atomic E-state index is 2.53. The first-order valence-corrected chi connectivity index (χ1v) is 22.1. The van der Waals surface area contributed by atoms with Gasteiger partial charge in [0.25, 0.3) is 0 Å². The Kier molecular flexibility index (Phi) is 8.23. The molecule has 3 heterocycles. The van der Waals surface area contributed by atoms with Crippen LogP contribution in [-0.4, -0.2) is 4.57 Å². The quantitative estimate of drug-likeness (QED) is 0.166. The molecule has 0 bridgehead atoms. The Hall–Kier alpha value is -7.62. The van der Waals surface area contributed by atoms with Crippen LogP contribution in [0.4, 0.5) is 34.1 Å². The van der Waals surface area contributed by atoms with Crippen LogP contribution >= 0.6 is 0 Å². The Morgan fingerprint density at radius 1 is 0.349 bits per heavy atom. The zero-order valence-electron chi connectivity index (χ0n) is 36.0. The minimum Gasteiger partial charge on any atom is -0.311 e. The van der Waals surface area contributed by atoms with E-state index in [1.54, 1.807) is 0 Å². The molecule has 0 amide bonds. The standard InChI is InChI=1S/C60H47N3/c1-59(2)50-22-12-15-25-56(50)63-57-26-16-13-23-51(57)60(3,4)53-39-43(38-52(59)58(53)63)41-29-34-47(35-30-41)61(44-17-7-5-8-18-44)46-32-27-40(28-33-46)42-31-36-55-49(37-42)48-21-11-14-24-54(48)62(55)45-19-9-6-10-20-45/h5-39H,1-4H3. The van der Waals surface area contributed by atoms with Crippen molar-refractivity contribution in [1.29, 1.82) is 0 Å². The van der Waals surface area contributed by atoms with Gasteiger partial charge in [0.05, 0.1) is 28.1 Å². The number of aromatic nitrogens is 1. The van der Waals surface area contributed by atoms with E-state index in [0.29, 0.717) is 0 Å². The van der Waals surface area contributed by atoms with Crippen LogP contribution in [0.25, 0.3) is 49.7 Å². The molecular formula is C60H47N3. The Labute approximate surface area is 369 Å². The topological polar surface area (TPSA) is 11.4 Å². The summed E-state index contributed by atoms with van der Waals surface area (Å²) < 4.78 is 2.37. The fourth-order valence-electron chi connectivity index (χ4n) is 10.7. The van der Waals surface area contributed by atoms with E-state index in [4.69, 9.17) is 0 Å². The van der Waals surface area contributed by atoms with Gasteiger partial charge < -0.3 is 14.4 Å². The van der Waals surface area contributed by atoms with Crippen LogP contribution in [-0.2, 0) is 10.8 Å². The molecule has 0 saturated carbocycles. The van der Waals surface area contributed by atoms with Crippen LogP contribution in [0.15, 0.2) is 212 Å². The Balaban J connectivity index is 0.925. The lowest BCUT2D eigenvalue weighted by atomic mass is 9.65. The maximum Gasteiger partial charge on any atom is 0.0544 e. The largest absolute Gasteiger partial charge is 0.311 e. The van der Waals surface area contributed by atoms with Gasteiger partial charge in [0, 0.05) is 44.4 Å². The molecule has 63 heavy (non-hydrogen) atoms. The van der Waals surface area contributed by atoms with Crippen molar-refractivity contribution in [3.8, 4) is 27.9 Å². The van der Waals surface area contributed by atoms with Gasteiger partial charge in [-0.2, -0.15) is 0 Å². The van der Waals surface area contributed by atoms with Gasteiger partial charge in [0.1, 0.15) is 0 Å². The lowest BCUT2D eigenvalue weighted by Gasteiger charge is -2.49. The van der Waals surface area contributed by atoms with E-state index >= 15 is 0 Å². The Morgan fingerprint density at radius 3 is 1.41 bits per heavy atom.